The van der Waals surface area contributed by atoms with Gasteiger partial charge >= 0.3 is 23.9 Å². The SMILES string of the molecule is CC/C=C\C/C=C\C/C=C\CCCCCCCC(=O)OC1C(OCC(COC(=O)CCCCCCCCCCC/C=C\CCCCCCCC)OC(=O)CCCCCCCCCCCCCCCCCCC)OC(C(=O)O)C(O)C1O. The molecule has 0 saturated carbocycles. The van der Waals surface area contributed by atoms with Crippen LogP contribution in [0, 0.1) is 0 Å². The van der Waals surface area contributed by atoms with E-state index in [-0.39, 0.29) is 25.9 Å². The normalized spacial score (nSPS) is 18.0. The predicted octanol–water partition coefficient (Wildman–Crippen LogP) is 18.1. The number of carbonyl (C=O) groups excluding carboxylic acids is 3. The van der Waals surface area contributed by atoms with Crippen LogP contribution in [0.1, 0.15) is 316 Å². The second kappa shape index (κ2) is 57.1. The molecule has 0 aliphatic carbocycles. The second-order valence-electron chi connectivity index (χ2n) is 23.1. The van der Waals surface area contributed by atoms with E-state index < -0.39 is 67.3 Å². The first-order valence-corrected chi connectivity index (χ1v) is 33.6. The maximum absolute atomic E-state index is 13.2. The Morgan fingerprint density at radius 3 is 1.20 bits per heavy atom. The number of ether oxygens (including phenoxy) is 5. The van der Waals surface area contributed by atoms with E-state index in [4.69, 9.17) is 23.7 Å². The highest BCUT2D eigenvalue weighted by atomic mass is 16.7. The summed E-state index contributed by atoms with van der Waals surface area (Å²) in [4.78, 5) is 51.4. The van der Waals surface area contributed by atoms with Crippen molar-refractivity contribution in [3.05, 3.63) is 48.6 Å². The monoisotopic (exact) mass is 1140 g/mol. The lowest BCUT2D eigenvalue weighted by Crippen LogP contribution is -2.61. The van der Waals surface area contributed by atoms with Crippen LogP contribution in [0.4, 0.5) is 0 Å². The van der Waals surface area contributed by atoms with E-state index in [9.17, 15) is 34.5 Å². The Morgan fingerprint density at radius 2 is 0.778 bits per heavy atom. The molecule has 6 unspecified atom stereocenters. The van der Waals surface area contributed by atoms with Crippen molar-refractivity contribution in [2.45, 2.75) is 353 Å². The van der Waals surface area contributed by atoms with Gasteiger partial charge in [-0.1, -0.05) is 268 Å². The van der Waals surface area contributed by atoms with Crippen molar-refractivity contribution >= 4 is 23.9 Å². The summed E-state index contributed by atoms with van der Waals surface area (Å²) in [6.07, 6.45) is 57.8. The van der Waals surface area contributed by atoms with Gasteiger partial charge in [-0.25, -0.2) is 4.79 Å². The zero-order valence-corrected chi connectivity index (χ0v) is 52.0. The third-order valence-electron chi connectivity index (χ3n) is 15.4. The number of carboxylic acid groups (broad SMARTS) is 1. The minimum absolute atomic E-state index is 0.0430. The summed E-state index contributed by atoms with van der Waals surface area (Å²) in [5.74, 6) is -3.11. The van der Waals surface area contributed by atoms with Crippen LogP contribution in [0.15, 0.2) is 48.6 Å². The number of rotatable bonds is 58. The maximum atomic E-state index is 13.2. The second-order valence-corrected chi connectivity index (χ2v) is 23.1. The summed E-state index contributed by atoms with van der Waals surface area (Å²) in [6, 6.07) is 0. The minimum Gasteiger partial charge on any atom is -0.479 e. The first-order valence-electron chi connectivity index (χ1n) is 33.6. The number of carbonyl (C=O) groups is 4. The molecule has 1 fully saturated rings. The molecule has 1 aliphatic heterocycles. The quantitative estimate of drug-likeness (QED) is 0.0228. The van der Waals surface area contributed by atoms with E-state index in [0.717, 1.165) is 89.9 Å². The van der Waals surface area contributed by atoms with Gasteiger partial charge in [0.05, 0.1) is 6.61 Å². The Kier molecular flexibility index (Phi) is 53.4. The van der Waals surface area contributed by atoms with Gasteiger partial charge in [0.15, 0.2) is 24.6 Å². The van der Waals surface area contributed by atoms with E-state index in [0.29, 0.717) is 19.3 Å². The van der Waals surface area contributed by atoms with Crippen molar-refractivity contribution in [2.75, 3.05) is 13.2 Å². The van der Waals surface area contributed by atoms with Gasteiger partial charge in [-0.2, -0.15) is 0 Å². The lowest BCUT2D eigenvalue weighted by Gasteiger charge is -2.40. The zero-order valence-electron chi connectivity index (χ0n) is 52.0. The number of unbranched alkanes of at least 4 members (excludes halogenated alkanes) is 36. The molecule has 1 saturated heterocycles. The van der Waals surface area contributed by atoms with Crippen molar-refractivity contribution in [3.63, 3.8) is 0 Å². The molecule has 470 valence electrons. The Hall–Kier alpha value is -3.32. The van der Waals surface area contributed by atoms with E-state index in [1.807, 2.05) is 0 Å². The molecule has 12 heteroatoms. The fourth-order valence-electron chi connectivity index (χ4n) is 10.3. The summed E-state index contributed by atoms with van der Waals surface area (Å²) < 4.78 is 28.6. The lowest BCUT2D eigenvalue weighted by atomic mass is 9.98. The summed E-state index contributed by atoms with van der Waals surface area (Å²) in [7, 11) is 0. The number of hydrogen-bond acceptors (Lipinski definition) is 11. The molecule has 12 nitrogen and oxygen atoms in total. The topological polar surface area (TPSA) is 175 Å². The average Bonchev–Trinajstić information content (AvgIpc) is 3.53. The van der Waals surface area contributed by atoms with Crippen LogP contribution >= 0.6 is 0 Å². The summed E-state index contributed by atoms with van der Waals surface area (Å²) >= 11 is 0. The summed E-state index contributed by atoms with van der Waals surface area (Å²) in [5.41, 5.74) is 0. The molecule has 0 radical (unpaired) electrons. The van der Waals surface area contributed by atoms with Gasteiger partial charge < -0.3 is 39.0 Å². The van der Waals surface area contributed by atoms with E-state index in [1.54, 1.807) is 0 Å². The molecule has 0 aromatic rings. The molecule has 6 atom stereocenters. The van der Waals surface area contributed by atoms with Gasteiger partial charge in [0, 0.05) is 19.3 Å². The third kappa shape index (κ3) is 46.7. The van der Waals surface area contributed by atoms with Gasteiger partial charge in [0.25, 0.3) is 0 Å². The van der Waals surface area contributed by atoms with Crippen LogP contribution in [0.2, 0.25) is 0 Å². The van der Waals surface area contributed by atoms with Crippen molar-refractivity contribution in [3.8, 4) is 0 Å². The molecule has 0 bridgehead atoms. The molecule has 0 amide bonds. The Morgan fingerprint density at radius 1 is 0.420 bits per heavy atom. The maximum Gasteiger partial charge on any atom is 0.335 e. The number of aliphatic hydroxyl groups is 2. The van der Waals surface area contributed by atoms with Crippen LogP contribution < -0.4 is 0 Å². The first-order chi connectivity index (χ1) is 39.6. The molecule has 1 heterocycles. The van der Waals surface area contributed by atoms with E-state index in [1.165, 1.54) is 167 Å². The molecule has 0 spiro atoms. The number of aliphatic hydroxyl groups excluding tert-OH is 2. The molecular formula is C69H122O12. The fourth-order valence-corrected chi connectivity index (χ4v) is 10.3. The number of hydrogen-bond donors (Lipinski definition) is 3. The summed E-state index contributed by atoms with van der Waals surface area (Å²) in [5, 5.41) is 31.6. The minimum atomic E-state index is -1.91. The van der Waals surface area contributed by atoms with Gasteiger partial charge in [-0.3, -0.25) is 14.4 Å². The Balaban J connectivity index is 2.64. The smallest absolute Gasteiger partial charge is 0.335 e. The van der Waals surface area contributed by atoms with Crippen LogP contribution in [0.3, 0.4) is 0 Å². The molecule has 1 rings (SSSR count). The lowest BCUT2D eigenvalue weighted by molar-refractivity contribution is -0.301. The molecular weight excluding hydrogens is 1020 g/mol. The van der Waals surface area contributed by atoms with Crippen molar-refractivity contribution in [2.24, 2.45) is 0 Å². The fraction of sp³-hybridized carbons (Fsp3) is 0.826. The molecule has 1 aliphatic rings. The standard InChI is InChI=1S/C69H122O12/c1-4-7-10-13-16-19-22-25-28-30-31-33-35-37-40-43-46-49-52-55-61(70)77-58-60(79-62(71)56-53-50-47-44-41-39-36-32-29-26-23-20-17-14-11-8-5-2)59-78-69-67(65(74)64(73)66(81-69)68(75)76)80-63(72)57-54-51-48-45-42-38-34-27-24-21-18-15-12-9-6-3/h9,12,18,21,25,27-28,34,60,64-67,69,73-74H,4-8,10-11,13-17,19-20,22-24,26,29-33,35-59H2,1-3H3,(H,75,76)/b12-9-,21-18-,28-25-,34-27-. The van der Waals surface area contributed by atoms with Crippen LogP contribution in [-0.4, -0.2) is 89.2 Å². The van der Waals surface area contributed by atoms with E-state index >= 15 is 0 Å². The highest BCUT2D eigenvalue weighted by Crippen LogP contribution is 2.27. The van der Waals surface area contributed by atoms with E-state index in [2.05, 4.69) is 69.4 Å². The Bertz CT molecular complexity index is 1590. The predicted molar refractivity (Wildman–Crippen MR) is 331 cm³/mol. The average molecular weight is 1140 g/mol. The first kappa shape index (κ1) is 75.7. The largest absolute Gasteiger partial charge is 0.479 e. The number of aliphatic carboxylic acids is 1. The zero-order chi connectivity index (χ0) is 58.9. The van der Waals surface area contributed by atoms with Crippen LogP contribution in [0.25, 0.3) is 0 Å². The van der Waals surface area contributed by atoms with Gasteiger partial charge in [-0.05, 0) is 77.0 Å². The molecule has 3 N–H and O–H groups in total. The number of esters is 3. The van der Waals surface area contributed by atoms with Gasteiger partial charge in [0.1, 0.15) is 18.8 Å². The number of carboxylic acids is 1. The van der Waals surface area contributed by atoms with Gasteiger partial charge in [-0.15, -0.1) is 0 Å². The molecule has 0 aromatic heterocycles. The summed E-state index contributed by atoms with van der Waals surface area (Å²) in [6.45, 7) is 5.92. The number of allylic oxidation sites excluding steroid dienone is 8. The highest BCUT2D eigenvalue weighted by molar-refractivity contribution is 5.74. The van der Waals surface area contributed by atoms with Gasteiger partial charge in [0.2, 0.25) is 0 Å². The van der Waals surface area contributed by atoms with Crippen molar-refractivity contribution < 1.29 is 58.2 Å². The van der Waals surface area contributed by atoms with Crippen LogP contribution in [0.5, 0.6) is 0 Å². The highest BCUT2D eigenvalue weighted by Gasteiger charge is 2.50. The van der Waals surface area contributed by atoms with Crippen LogP contribution in [-0.2, 0) is 42.9 Å². The molecule has 0 aromatic carbocycles. The van der Waals surface area contributed by atoms with Crippen molar-refractivity contribution in [1.29, 1.82) is 0 Å². The third-order valence-corrected chi connectivity index (χ3v) is 15.4. The molecule has 81 heavy (non-hydrogen) atoms. The Labute approximate surface area is 494 Å². The van der Waals surface area contributed by atoms with Crippen molar-refractivity contribution in [1.82, 2.24) is 0 Å².